The minimum atomic E-state index is -0.788. The molecule has 0 fully saturated rings. The summed E-state index contributed by atoms with van der Waals surface area (Å²) >= 11 is 0. The van der Waals surface area contributed by atoms with Crippen LogP contribution in [0.25, 0.3) is 0 Å². The molecule has 3 N–H and O–H groups in total. The predicted molar refractivity (Wildman–Crippen MR) is 65.3 cm³/mol. The Labute approximate surface area is 97.5 Å². The topological polar surface area (TPSA) is 64.1 Å². The predicted octanol–water partition coefficient (Wildman–Crippen LogP) is 1.11. The van der Waals surface area contributed by atoms with E-state index in [4.69, 9.17) is 5.73 Å². The molecular formula is C12H23N3O. The van der Waals surface area contributed by atoms with E-state index in [1.54, 1.807) is 6.92 Å². The van der Waals surface area contributed by atoms with Gasteiger partial charge in [0.25, 0.3) is 0 Å². The second kappa shape index (κ2) is 5.46. The Morgan fingerprint density at radius 1 is 1.44 bits per heavy atom. The number of nitrogens with two attached hydrogens (primary N) is 1. The molecule has 0 saturated heterocycles. The fourth-order valence-electron chi connectivity index (χ4n) is 1.61. The maximum absolute atomic E-state index is 9.85. The second-order valence-corrected chi connectivity index (χ2v) is 4.51. The van der Waals surface area contributed by atoms with Crippen LogP contribution in [-0.2, 0) is 19.4 Å². The molecule has 0 bridgehead atoms. The van der Waals surface area contributed by atoms with Crippen LogP contribution in [0.1, 0.15) is 38.6 Å². The van der Waals surface area contributed by atoms with Crippen LogP contribution in [0.15, 0.2) is 6.07 Å². The quantitative estimate of drug-likeness (QED) is 0.762. The zero-order valence-corrected chi connectivity index (χ0v) is 10.5. The number of aromatic nitrogens is 2. The molecule has 0 aliphatic carbocycles. The molecule has 0 spiro atoms. The molecule has 0 amide bonds. The zero-order valence-electron chi connectivity index (χ0n) is 10.5. The van der Waals surface area contributed by atoms with E-state index in [2.05, 4.69) is 25.0 Å². The van der Waals surface area contributed by atoms with Gasteiger partial charge < -0.3 is 10.8 Å². The number of nitrogens with zero attached hydrogens (tertiary/aromatic N) is 2. The second-order valence-electron chi connectivity index (χ2n) is 4.51. The SMILES string of the molecule is CCc1cc(CC)n(CCC(C)(O)CN)n1. The molecule has 1 heterocycles. The van der Waals surface area contributed by atoms with Gasteiger partial charge in [0.15, 0.2) is 0 Å². The Bertz CT molecular complexity index is 331. The highest BCUT2D eigenvalue weighted by Gasteiger charge is 2.18. The fourth-order valence-corrected chi connectivity index (χ4v) is 1.61. The summed E-state index contributed by atoms with van der Waals surface area (Å²) in [5.74, 6) is 0. The summed E-state index contributed by atoms with van der Waals surface area (Å²) < 4.78 is 1.99. The highest BCUT2D eigenvalue weighted by Crippen LogP contribution is 2.12. The lowest BCUT2D eigenvalue weighted by molar-refractivity contribution is 0.0540. The van der Waals surface area contributed by atoms with Gasteiger partial charge in [0, 0.05) is 18.8 Å². The van der Waals surface area contributed by atoms with Crippen LogP contribution in [0, 0.1) is 0 Å². The van der Waals surface area contributed by atoms with Crippen molar-refractivity contribution in [3.05, 3.63) is 17.5 Å². The van der Waals surface area contributed by atoms with Gasteiger partial charge in [-0.15, -0.1) is 0 Å². The first-order chi connectivity index (χ1) is 7.52. The summed E-state index contributed by atoms with van der Waals surface area (Å²) in [7, 11) is 0. The summed E-state index contributed by atoms with van der Waals surface area (Å²) in [5.41, 5.74) is 7.05. The van der Waals surface area contributed by atoms with Crippen molar-refractivity contribution in [2.24, 2.45) is 5.73 Å². The van der Waals surface area contributed by atoms with Gasteiger partial charge in [0.05, 0.1) is 11.3 Å². The minimum absolute atomic E-state index is 0.288. The number of aryl methyl sites for hydroxylation is 3. The Hall–Kier alpha value is -0.870. The third-order valence-corrected chi connectivity index (χ3v) is 2.94. The van der Waals surface area contributed by atoms with E-state index in [9.17, 15) is 5.11 Å². The summed E-state index contributed by atoms with van der Waals surface area (Å²) in [4.78, 5) is 0. The Kier molecular flexibility index (Phi) is 4.50. The van der Waals surface area contributed by atoms with Gasteiger partial charge in [0.2, 0.25) is 0 Å². The van der Waals surface area contributed by atoms with E-state index in [1.165, 1.54) is 5.69 Å². The molecule has 0 saturated carbocycles. The molecule has 1 unspecified atom stereocenters. The van der Waals surface area contributed by atoms with E-state index in [0.717, 1.165) is 25.1 Å². The zero-order chi connectivity index (χ0) is 12.2. The van der Waals surface area contributed by atoms with Gasteiger partial charge in [-0.2, -0.15) is 5.10 Å². The Balaban J connectivity index is 2.69. The lowest BCUT2D eigenvalue weighted by atomic mass is 10.0. The van der Waals surface area contributed by atoms with Crippen molar-refractivity contribution in [1.29, 1.82) is 0 Å². The van der Waals surface area contributed by atoms with Crippen molar-refractivity contribution in [2.45, 2.75) is 52.2 Å². The normalized spacial score (nSPS) is 15.1. The molecule has 1 aromatic heterocycles. The smallest absolute Gasteiger partial charge is 0.0759 e. The van der Waals surface area contributed by atoms with Gasteiger partial charge in [-0.25, -0.2) is 0 Å². The maximum Gasteiger partial charge on any atom is 0.0759 e. The van der Waals surface area contributed by atoms with Gasteiger partial charge in [-0.05, 0) is 32.3 Å². The monoisotopic (exact) mass is 225 g/mol. The summed E-state index contributed by atoms with van der Waals surface area (Å²) in [5, 5.41) is 14.3. The first-order valence-electron chi connectivity index (χ1n) is 6.00. The van der Waals surface area contributed by atoms with Crippen molar-refractivity contribution in [3.63, 3.8) is 0 Å². The van der Waals surface area contributed by atoms with Crippen LogP contribution >= 0.6 is 0 Å². The van der Waals surface area contributed by atoms with E-state index >= 15 is 0 Å². The summed E-state index contributed by atoms with van der Waals surface area (Å²) in [6, 6.07) is 2.14. The van der Waals surface area contributed by atoms with E-state index in [-0.39, 0.29) is 6.54 Å². The van der Waals surface area contributed by atoms with Gasteiger partial charge in [0.1, 0.15) is 0 Å². The average molecular weight is 225 g/mol. The highest BCUT2D eigenvalue weighted by atomic mass is 16.3. The molecule has 0 aromatic carbocycles. The van der Waals surface area contributed by atoms with Crippen LogP contribution in [0.5, 0.6) is 0 Å². The first-order valence-corrected chi connectivity index (χ1v) is 6.00. The van der Waals surface area contributed by atoms with Crippen LogP contribution in [0.4, 0.5) is 0 Å². The molecule has 1 atom stereocenters. The summed E-state index contributed by atoms with van der Waals surface area (Å²) in [6.45, 7) is 7.00. The summed E-state index contributed by atoms with van der Waals surface area (Å²) in [6.07, 6.45) is 2.56. The van der Waals surface area contributed by atoms with E-state index in [1.807, 2.05) is 4.68 Å². The first kappa shape index (κ1) is 13.2. The number of hydrogen-bond donors (Lipinski definition) is 2. The van der Waals surface area contributed by atoms with E-state index < -0.39 is 5.60 Å². The van der Waals surface area contributed by atoms with Crippen molar-refractivity contribution in [3.8, 4) is 0 Å². The van der Waals surface area contributed by atoms with Crippen LogP contribution in [0.3, 0.4) is 0 Å². The maximum atomic E-state index is 9.85. The minimum Gasteiger partial charge on any atom is -0.389 e. The molecular weight excluding hydrogens is 202 g/mol. The third kappa shape index (κ3) is 3.32. The van der Waals surface area contributed by atoms with Crippen molar-refractivity contribution in [2.75, 3.05) is 6.54 Å². The van der Waals surface area contributed by atoms with Gasteiger partial charge in [-0.3, -0.25) is 4.68 Å². The molecule has 92 valence electrons. The molecule has 0 aliphatic heterocycles. The van der Waals surface area contributed by atoms with Crippen LogP contribution < -0.4 is 5.73 Å². The lowest BCUT2D eigenvalue weighted by Gasteiger charge is -2.21. The van der Waals surface area contributed by atoms with Crippen molar-refractivity contribution < 1.29 is 5.11 Å². The van der Waals surface area contributed by atoms with Gasteiger partial charge >= 0.3 is 0 Å². The number of hydrogen-bond acceptors (Lipinski definition) is 3. The highest BCUT2D eigenvalue weighted by molar-refractivity contribution is 5.10. The molecule has 16 heavy (non-hydrogen) atoms. The van der Waals surface area contributed by atoms with E-state index in [0.29, 0.717) is 6.42 Å². The largest absolute Gasteiger partial charge is 0.389 e. The lowest BCUT2D eigenvalue weighted by Crippen LogP contribution is -2.35. The van der Waals surface area contributed by atoms with Crippen molar-refractivity contribution in [1.82, 2.24) is 9.78 Å². The molecule has 0 radical (unpaired) electrons. The Morgan fingerprint density at radius 2 is 2.12 bits per heavy atom. The van der Waals surface area contributed by atoms with Crippen LogP contribution in [0.2, 0.25) is 0 Å². The van der Waals surface area contributed by atoms with Gasteiger partial charge in [-0.1, -0.05) is 13.8 Å². The number of rotatable bonds is 6. The fraction of sp³-hybridized carbons (Fsp3) is 0.750. The third-order valence-electron chi connectivity index (χ3n) is 2.94. The molecule has 0 aliphatic rings. The molecule has 4 heteroatoms. The average Bonchev–Trinajstić information content (AvgIpc) is 2.69. The van der Waals surface area contributed by atoms with Crippen LogP contribution in [-0.4, -0.2) is 27.0 Å². The number of aliphatic hydroxyl groups is 1. The van der Waals surface area contributed by atoms with Crippen molar-refractivity contribution >= 4 is 0 Å². The molecule has 1 aromatic rings. The standard InChI is InChI=1S/C12H23N3O/c1-4-10-8-11(5-2)15(14-10)7-6-12(3,16)9-13/h8,16H,4-7,9,13H2,1-3H3. The molecule has 4 nitrogen and oxygen atoms in total. The molecule has 1 rings (SSSR count). The Morgan fingerprint density at radius 3 is 2.62 bits per heavy atom.